The minimum atomic E-state index is -1.56. The van der Waals surface area contributed by atoms with Crippen molar-refractivity contribution in [1.29, 1.82) is 0 Å². The van der Waals surface area contributed by atoms with Gasteiger partial charge >= 0.3 is 13.1 Å². The van der Waals surface area contributed by atoms with E-state index in [9.17, 15) is 24.6 Å². The molecule has 0 unspecified atom stereocenters. The molecule has 1 aromatic rings. The number of ether oxygens (including phenoxy) is 1. The van der Waals surface area contributed by atoms with Gasteiger partial charge in [0.05, 0.1) is 5.54 Å². The second-order valence-corrected chi connectivity index (χ2v) is 8.72. The summed E-state index contributed by atoms with van der Waals surface area (Å²) in [7, 11) is -1.56. The second kappa shape index (κ2) is 11.5. The number of carboxylic acid groups (broad SMARTS) is 1. The molecule has 1 aromatic carbocycles. The molecule has 1 atom stereocenters. The Balaban J connectivity index is 1.90. The largest absolute Gasteiger partial charge is 0.507 e. The Bertz CT molecular complexity index is 871. The molecule has 1 aliphatic rings. The summed E-state index contributed by atoms with van der Waals surface area (Å²) in [5, 5.41) is 37.8. The Kier molecular flexibility index (Phi) is 9.23. The van der Waals surface area contributed by atoms with Gasteiger partial charge in [0.2, 0.25) is 5.91 Å². The fourth-order valence-corrected chi connectivity index (χ4v) is 3.74. The van der Waals surface area contributed by atoms with Gasteiger partial charge in [0.1, 0.15) is 23.2 Å². The number of likely N-dealkylation sites (tertiary alicyclic amines) is 1. The lowest BCUT2D eigenvalue weighted by atomic mass is 9.82. The van der Waals surface area contributed by atoms with E-state index in [-0.39, 0.29) is 54.3 Å². The Labute approximate surface area is 192 Å². The smallest absolute Gasteiger partial charge is 0.451 e. The Morgan fingerprint density at radius 3 is 2.42 bits per heavy atom. The summed E-state index contributed by atoms with van der Waals surface area (Å²) in [6, 6.07) is 2.93. The summed E-state index contributed by atoms with van der Waals surface area (Å²) in [5.74, 6) is -2.32. The van der Waals surface area contributed by atoms with Crippen LogP contribution in [0, 0.1) is 0 Å². The number of nitrogens with zero attached hydrogens (tertiary/aromatic N) is 1. The van der Waals surface area contributed by atoms with E-state index in [1.165, 1.54) is 12.1 Å². The number of primary amides is 1. The fourth-order valence-electron chi connectivity index (χ4n) is 3.74. The van der Waals surface area contributed by atoms with Crippen molar-refractivity contribution in [3.05, 3.63) is 23.3 Å². The van der Waals surface area contributed by atoms with E-state index in [2.05, 4.69) is 0 Å². The maximum absolute atomic E-state index is 12.4. The van der Waals surface area contributed by atoms with Gasteiger partial charge in [-0.1, -0.05) is 6.07 Å². The summed E-state index contributed by atoms with van der Waals surface area (Å²) >= 11 is 0. The van der Waals surface area contributed by atoms with Gasteiger partial charge in [-0.15, -0.1) is 0 Å². The van der Waals surface area contributed by atoms with Gasteiger partial charge in [0.25, 0.3) is 0 Å². The summed E-state index contributed by atoms with van der Waals surface area (Å²) in [6.45, 7) is 2.82. The van der Waals surface area contributed by atoms with E-state index in [1.54, 1.807) is 6.92 Å². The highest BCUT2D eigenvalue weighted by molar-refractivity contribution is 6.41. The average Bonchev–Trinajstić information content (AvgIpc) is 2.68. The first-order chi connectivity index (χ1) is 15.4. The van der Waals surface area contributed by atoms with E-state index in [4.69, 9.17) is 26.3 Å². The van der Waals surface area contributed by atoms with Crippen LogP contribution in [0.4, 0.5) is 0 Å². The Morgan fingerprint density at radius 2 is 1.85 bits per heavy atom. The number of unbranched alkanes of at least 4 members (excludes halogenated alkanes) is 1. The van der Waals surface area contributed by atoms with E-state index < -0.39 is 30.3 Å². The van der Waals surface area contributed by atoms with Crippen molar-refractivity contribution in [2.45, 2.75) is 57.0 Å². The fraction of sp³-hybridized carbons (Fsp3) is 0.571. The molecule has 0 aromatic heterocycles. The zero-order valence-electron chi connectivity index (χ0n) is 18.7. The van der Waals surface area contributed by atoms with Crippen molar-refractivity contribution >= 4 is 24.8 Å². The van der Waals surface area contributed by atoms with E-state index in [1.807, 2.05) is 4.90 Å². The lowest BCUT2D eigenvalue weighted by molar-refractivity contribution is -0.125. The number of aryl methyl sites for hydroxylation is 1. The molecule has 1 saturated heterocycles. The number of amides is 1. The zero-order valence-corrected chi connectivity index (χ0v) is 18.7. The molecule has 11 nitrogen and oxygen atoms in total. The average molecular weight is 465 g/mol. The molecule has 1 heterocycles. The third-order valence-electron chi connectivity index (χ3n) is 5.59. The molecule has 1 fully saturated rings. The first-order valence-corrected chi connectivity index (χ1v) is 10.8. The monoisotopic (exact) mass is 465 g/mol. The van der Waals surface area contributed by atoms with Gasteiger partial charge in [-0.3, -0.25) is 14.5 Å². The van der Waals surface area contributed by atoms with Gasteiger partial charge in [0.15, 0.2) is 5.78 Å². The predicted molar refractivity (Wildman–Crippen MR) is 120 cm³/mol. The predicted octanol–water partition coefficient (Wildman–Crippen LogP) is -0.499. The topological polar surface area (TPSA) is 197 Å². The summed E-state index contributed by atoms with van der Waals surface area (Å²) < 4.78 is 5.76. The number of rotatable bonds is 14. The molecule has 0 radical (unpaired) electrons. The molecule has 1 aliphatic heterocycles. The third kappa shape index (κ3) is 7.71. The van der Waals surface area contributed by atoms with Gasteiger partial charge < -0.3 is 36.5 Å². The van der Waals surface area contributed by atoms with Crippen LogP contribution in [0.1, 0.15) is 48.5 Å². The number of hydrogen-bond donors (Lipinski definition) is 6. The van der Waals surface area contributed by atoms with Gasteiger partial charge in [-0.2, -0.15) is 0 Å². The summed E-state index contributed by atoms with van der Waals surface area (Å²) in [4.78, 5) is 36.8. The molecule has 12 heteroatoms. The number of hydrogen-bond acceptors (Lipinski definition) is 9. The van der Waals surface area contributed by atoms with Crippen LogP contribution in [0.15, 0.2) is 12.1 Å². The first kappa shape index (κ1) is 26.6. The highest BCUT2D eigenvalue weighted by Crippen LogP contribution is 2.34. The van der Waals surface area contributed by atoms with Gasteiger partial charge in [-0.25, -0.2) is 4.79 Å². The van der Waals surface area contributed by atoms with Crippen molar-refractivity contribution in [2.75, 3.05) is 19.6 Å². The van der Waals surface area contributed by atoms with Gasteiger partial charge in [-0.05, 0) is 44.1 Å². The summed E-state index contributed by atoms with van der Waals surface area (Å²) in [5.41, 5.74) is 10.1. The molecule has 1 amide bonds. The molecule has 0 bridgehead atoms. The van der Waals surface area contributed by atoms with Gasteiger partial charge in [0, 0.05) is 32.5 Å². The molecule has 0 saturated carbocycles. The van der Waals surface area contributed by atoms with Crippen LogP contribution in [0.2, 0.25) is 6.32 Å². The Morgan fingerprint density at radius 1 is 1.21 bits per heavy atom. The zero-order chi connectivity index (χ0) is 24.8. The number of aromatic carboxylic acids is 1. The van der Waals surface area contributed by atoms with Crippen LogP contribution < -0.4 is 16.2 Å². The standard InChI is InChI=1S/C21H32BN3O8/c1-21(24,16(26)4-2-3-5-17(23)27)12-25-10-14(11-25)33-15-7-6-13(8-9-22(31)32)19(28)18(15)20(29)30/h6-7,14,28,31-32H,2-5,8-12,24H2,1H3,(H2,23,27)(H,29,30)/t21-/m1/s1. The van der Waals surface area contributed by atoms with Crippen molar-refractivity contribution in [1.82, 2.24) is 4.90 Å². The molecule has 2 rings (SSSR count). The number of benzene rings is 1. The second-order valence-electron chi connectivity index (χ2n) is 8.72. The maximum Gasteiger partial charge on any atom is 0.451 e. The lowest BCUT2D eigenvalue weighted by Gasteiger charge is -2.42. The van der Waals surface area contributed by atoms with E-state index in [0.29, 0.717) is 32.5 Å². The summed E-state index contributed by atoms with van der Waals surface area (Å²) in [6.07, 6.45) is 1.27. The number of nitrogens with two attached hydrogens (primary N) is 2. The molecule has 182 valence electrons. The van der Waals surface area contributed by atoms with Crippen molar-refractivity contribution < 1.29 is 39.4 Å². The molecule has 0 spiro atoms. The maximum atomic E-state index is 12.4. The normalized spacial score (nSPS) is 16.0. The number of Topliss-reactive ketones (excluding diaryl/α,β-unsaturated/α-hetero) is 1. The lowest BCUT2D eigenvalue weighted by Crippen LogP contribution is -2.62. The number of carboxylic acids is 1. The molecule has 0 aliphatic carbocycles. The first-order valence-electron chi connectivity index (χ1n) is 10.8. The third-order valence-corrected chi connectivity index (χ3v) is 5.59. The quantitative estimate of drug-likeness (QED) is 0.154. The minimum Gasteiger partial charge on any atom is -0.507 e. The number of ketones is 1. The highest BCUT2D eigenvalue weighted by atomic mass is 16.5. The molecule has 8 N–H and O–H groups in total. The number of aromatic hydroxyl groups is 1. The van der Waals surface area contributed by atoms with Crippen LogP contribution in [0.25, 0.3) is 0 Å². The number of phenols is 1. The van der Waals surface area contributed by atoms with Crippen molar-refractivity contribution in [2.24, 2.45) is 11.5 Å². The number of carbonyl (C=O) groups excluding carboxylic acids is 2. The van der Waals surface area contributed by atoms with Crippen molar-refractivity contribution in [3.63, 3.8) is 0 Å². The van der Waals surface area contributed by atoms with E-state index in [0.717, 1.165) is 0 Å². The van der Waals surface area contributed by atoms with Crippen LogP contribution in [0.5, 0.6) is 11.5 Å². The molecule has 33 heavy (non-hydrogen) atoms. The van der Waals surface area contributed by atoms with E-state index >= 15 is 0 Å². The van der Waals surface area contributed by atoms with Crippen molar-refractivity contribution in [3.8, 4) is 11.5 Å². The SMILES string of the molecule is C[C@@](N)(CN1CC(Oc2ccc(CCB(O)O)c(O)c2C(=O)O)C1)C(=O)CCCCC(N)=O. The number of carbonyl (C=O) groups is 3. The van der Waals surface area contributed by atoms with Crippen LogP contribution in [-0.4, -0.2) is 81.2 Å². The Hall–Kier alpha value is -2.67. The highest BCUT2D eigenvalue weighted by Gasteiger charge is 2.37. The van der Waals surface area contributed by atoms with Crippen LogP contribution >= 0.6 is 0 Å². The van der Waals surface area contributed by atoms with Crippen LogP contribution in [-0.2, 0) is 16.0 Å². The molecular weight excluding hydrogens is 433 g/mol. The minimum absolute atomic E-state index is 0.0129. The van der Waals surface area contributed by atoms with Crippen LogP contribution in [0.3, 0.4) is 0 Å². The molecular formula is C21H32BN3O8.